The van der Waals surface area contributed by atoms with Crippen molar-refractivity contribution < 1.29 is 14.3 Å². The lowest BCUT2D eigenvalue weighted by molar-refractivity contribution is -0.133. The molecule has 1 aromatic heterocycles. The van der Waals surface area contributed by atoms with Crippen LogP contribution in [0.3, 0.4) is 0 Å². The van der Waals surface area contributed by atoms with Crippen molar-refractivity contribution in [3.8, 4) is 5.75 Å². The Labute approximate surface area is 172 Å². The second kappa shape index (κ2) is 10.6. The fourth-order valence-corrected chi connectivity index (χ4v) is 3.73. The van der Waals surface area contributed by atoms with Crippen LogP contribution in [-0.4, -0.2) is 46.7 Å². The molecule has 1 atom stereocenters. The van der Waals surface area contributed by atoms with Crippen molar-refractivity contribution in [3.63, 3.8) is 0 Å². The third kappa shape index (κ3) is 6.62. The molecule has 7 nitrogen and oxygen atoms in total. The summed E-state index contributed by atoms with van der Waals surface area (Å²) in [5.74, 6) is 1.40. The van der Waals surface area contributed by atoms with Crippen molar-refractivity contribution in [2.45, 2.75) is 45.2 Å². The third-order valence-corrected chi connectivity index (χ3v) is 5.39. The first-order chi connectivity index (χ1) is 14.1. The molecule has 1 fully saturated rings. The van der Waals surface area contributed by atoms with Crippen LogP contribution in [-0.2, 0) is 22.7 Å². The molecule has 1 saturated heterocycles. The van der Waals surface area contributed by atoms with Gasteiger partial charge in [-0.05, 0) is 48.9 Å². The second-order valence-corrected chi connectivity index (χ2v) is 7.53. The molecule has 29 heavy (non-hydrogen) atoms. The van der Waals surface area contributed by atoms with Crippen molar-refractivity contribution >= 4 is 11.8 Å². The van der Waals surface area contributed by atoms with Crippen molar-refractivity contribution in [3.05, 3.63) is 48.3 Å². The van der Waals surface area contributed by atoms with Gasteiger partial charge in [0.25, 0.3) is 0 Å². The van der Waals surface area contributed by atoms with Gasteiger partial charge >= 0.3 is 0 Å². The highest BCUT2D eigenvalue weighted by Gasteiger charge is 2.23. The zero-order chi connectivity index (χ0) is 20.5. The number of methoxy groups -OCH3 is 1. The largest absolute Gasteiger partial charge is 0.497 e. The molecule has 1 unspecified atom stereocenters. The monoisotopic (exact) mass is 398 g/mol. The highest BCUT2D eigenvalue weighted by molar-refractivity contribution is 5.76. The molecule has 1 N–H and O–H groups in total. The molecule has 3 rings (SSSR count). The molecule has 0 radical (unpaired) electrons. The number of ether oxygens (including phenoxy) is 1. The van der Waals surface area contributed by atoms with E-state index in [9.17, 15) is 9.59 Å². The molecule has 1 aliphatic rings. The molecule has 2 heterocycles. The minimum absolute atomic E-state index is 0.0509. The standard InChI is InChI=1S/C22H30N4O3/c1-29-20-7-2-5-19(15-20)16-23-21(27)9-8-18-6-3-12-25(17-18)22(28)10-14-26-13-4-11-24-26/h2,4-5,7,11,13,15,18H,3,6,8-10,12,14,16-17H2,1H3,(H,23,27). The van der Waals surface area contributed by atoms with Crippen LogP contribution < -0.4 is 10.1 Å². The summed E-state index contributed by atoms with van der Waals surface area (Å²) in [7, 11) is 1.63. The Balaban J connectivity index is 1.37. The van der Waals surface area contributed by atoms with Gasteiger partial charge in [0.2, 0.25) is 11.8 Å². The van der Waals surface area contributed by atoms with Gasteiger partial charge < -0.3 is 15.0 Å². The second-order valence-electron chi connectivity index (χ2n) is 7.53. The van der Waals surface area contributed by atoms with E-state index in [4.69, 9.17) is 4.74 Å². The lowest BCUT2D eigenvalue weighted by atomic mass is 9.93. The lowest BCUT2D eigenvalue weighted by Gasteiger charge is -2.33. The van der Waals surface area contributed by atoms with E-state index in [0.717, 1.165) is 43.7 Å². The van der Waals surface area contributed by atoms with E-state index < -0.39 is 0 Å². The Bertz CT molecular complexity index is 791. The first kappa shape index (κ1) is 20.9. The molecule has 0 bridgehead atoms. The van der Waals surface area contributed by atoms with Crippen LogP contribution in [0.1, 0.15) is 37.7 Å². The van der Waals surface area contributed by atoms with Gasteiger partial charge in [-0.15, -0.1) is 0 Å². The van der Waals surface area contributed by atoms with Gasteiger partial charge in [0.05, 0.1) is 7.11 Å². The zero-order valence-corrected chi connectivity index (χ0v) is 17.0. The minimum Gasteiger partial charge on any atom is -0.497 e. The summed E-state index contributed by atoms with van der Waals surface area (Å²) in [5.41, 5.74) is 1.02. The van der Waals surface area contributed by atoms with Crippen LogP contribution in [0.5, 0.6) is 5.75 Å². The van der Waals surface area contributed by atoms with Crippen LogP contribution in [0.4, 0.5) is 0 Å². The SMILES string of the molecule is COc1cccc(CNC(=O)CCC2CCCN(C(=O)CCn3cccn3)C2)c1. The smallest absolute Gasteiger partial charge is 0.224 e. The van der Waals surface area contributed by atoms with E-state index in [-0.39, 0.29) is 11.8 Å². The number of nitrogens with one attached hydrogen (secondary N) is 1. The fourth-order valence-electron chi connectivity index (χ4n) is 3.73. The molecule has 1 aromatic carbocycles. The molecule has 1 aliphatic heterocycles. The highest BCUT2D eigenvalue weighted by atomic mass is 16.5. The molecular formula is C22H30N4O3. The van der Waals surface area contributed by atoms with Crippen LogP contribution in [0, 0.1) is 5.92 Å². The summed E-state index contributed by atoms with van der Waals surface area (Å²) >= 11 is 0. The molecule has 0 aliphatic carbocycles. The van der Waals surface area contributed by atoms with E-state index in [0.29, 0.717) is 31.8 Å². The summed E-state index contributed by atoms with van der Waals surface area (Å²) < 4.78 is 6.99. The topological polar surface area (TPSA) is 76.5 Å². The number of likely N-dealkylation sites (tertiary alicyclic amines) is 1. The summed E-state index contributed by atoms with van der Waals surface area (Å²) in [6.07, 6.45) is 7.44. The number of hydrogen-bond donors (Lipinski definition) is 1. The van der Waals surface area contributed by atoms with Gasteiger partial charge in [-0.25, -0.2) is 0 Å². The van der Waals surface area contributed by atoms with Gasteiger partial charge in [-0.1, -0.05) is 12.1 Å². The molecular weight excluding hydrogens is 368 g/mol. The van der Waals surface area contributed by atoms with Crippen LogP contribution in [0.15, 0.2) is 42.7 Å². The first-order valence-corrected chi connectivity index (χ1v) is 10.3. The molecule has 0 spiro atoms. The van der Waals surface area contributed by atoms with Crippen LogP contribution >= 0.6 is 0 Å². The summed E-state index contributed by atoms with van der Waals surface area (Å²) in [6, 6.07) is 9.56. The predicted octanol–water partition coefficient (Wildman–Crippen LogP) is 2.62. The van der Waals surface area contributed by atoms with Gasteiger partial charge in [0.1, 0.15) is 5.75 Å². The number of benzene rings is 1. The minimum atomic E-state index is 0.0509. The Morgan fingerprint density at radius 2 is 2.17 bits per heavy atom. The maximum absolute atomic E-state index is 12.5. The van der Waals surface area contributed by atoms with Crippen molar-refractivity contribution in [1.82, 2.24) is 20.0 Å². The number of rotatable bonds is 9. The van der Waals surface area contributed by atoms with E-state index in [1.807, 2.05) is 41.4 Å². The van der Waals surface area contributed by atoms with Gasteiger partial charge in [0.15, 0.2) is 0 Å². The summed E-state index contributed by atoms with van der Waals surface area (Å²) in [4.78, 5) is 26.7. The Morgan fingerprint density at radius 3 is 2.97 bits per heavy atom. The molecule has 2 amide bonds. The predicted molar refractivity (Wildman–Crippen MR) is 110 cm³/mol. The van der Waals surface area contributed by atoms with E-state index in [1.165, 1.54) is 0 Å². The van der Waals surface area contributed by atoms with Crippen LogP contribution in [0.25, 0.3) is 0 Å². The molecule has 156 valence electrons. The third-order valence-electron chi connectivity index (χ3n) is 5.39. The number of amides is 2. The van der Waals surface area contributed by atoms with Crippen molar-refractivity contribution in [2.75, 3.05) is 20.2 Å². The quantitative estimate of drug-likeness (QED) is 0.704. The number of aromatic nitrogens is 2. The number of piperidine rings is 1. The maximum atomic E-state index is 12.5. The van der Waals surface area contributed by atoms with E-state index in [1.54, 1.807) is 18.0 Å². The normalized spacial score (nSPS) is 16.4. The zero-order valence-electron chi connectivity index (χ0n) is 17.0. The average molecular weight is 399 g/mol. The Hall–Kier alpha value is -2.83. The van der Waals surface area contributed by atoms with E-state index in [2.05, 4.69) is 10.4 Å². The number of carbonyl (C=O) groups is 2. The van der Waals surface area contributed by atoms with Crippen molar-refractivity contribution in [1.29, 1.82) is 0 Å². The summed E-state index contributed by atoms with van der Waals surface area (Å²) in [5, 5.41) is 7.12. The fraction of sp³-hybridized carbons (Fsp3) is 0.500. The average Bonchev–Trinajstić information content (AvgIpc) is 3.28. The van der Waals surface area contributed by atoms with Gasteiger partial charge in [-0.2, -0.15) is 5.10 Å². The molecule has 2 aromatic rings. The number of hydrogen-bond acceptors (Lipinski definition) is 4. The number of nitrogens with zero attached hydrogens (tertiary/aromatic N) is 3. The maximum Gasteiger partial charge on any atom is 0.224 e. The van der Waals surface area contributed by atoms with Crippen LogP contribution in [0.2, 0.25) is 0 Å². The number of carbonyl (C=O) groups excluding carboxylic acids is 2. The Kier molecular flexibility index (Phi) is 7.67. The van der Waals surface area contributed by atoms with E-state index >= 15 is 0 Å². The first-order valence-electron chi connectivity index (χ1n) is 10.3. The molecule has 7 heteroatoms. The van der Waals surface area contributed by atoms with Gasteiger partial charge in [-0.3, -0.25) is 14.3 Å². The lowest BCUT2D eigenvalue weighted by Crippen LogP contribution is -2.40. The van der Waals surface area contributed by atoms with Crippen molar-refractivity contribution in [2.24, 2.45) is 5.92 Å². The highest BCUT2D eigenvalue weighted by Crippen LogP contribution is 2.21. The van der Waals surface area contributed by atoms with Gasteiger partial charge in [0, 0.05) is 51.4 Å². The Morgan fingerprint density at radius 1 is 1.28 bits per heavy atom. The number of aryl methyl sites for hydroxylation is 1. The summed E-state index contributed by atoms with van der Waals surface area (Å²) in [6.45, 7) is 2.68. The molecule has 0 saturated carbocycles.